The highest BCUT2D eigenvalue weighted by molar-refractivity contribution is 8.00. The minimum atomic E-state index is -0.402. The molecule has 4 amide bonds. The third-order valence-electron chi connectivity index (χ3n) is 2.93. The summed E-state index contributed by atoms with van der Waals surface area (Å²) in [4.78, 5) is 48.1. The maximum atomic E-state index is 11.8. The van der Waals surface area contributed by atoms with Crippen molar-refractivity contribution in [2.24, 2.45) is 0 Å². The highest BCUT2D eigenvalue weighted by atomic mass is 32.2. The number of carbonyl (C=O) groups is 4. The van der Waals surface area contributed by atoms with E-state index in [1.54, 1.807) is 6.26 Å². The lowest BCUT2D eigenvalue weighted by Crippen LogP contribution is -2.41. The quantitative estimate of drug-likeness (QED) is 0.637. The van der Waals surface area contributed by atoms with E-state index in [4.69, 9.17) is 0 Å². The molecule has 0 saturated carbocycles. The van der Waals surface area contributed by atoms with Crippen LogP contribution in [-0.2, 0) is 19.2 Å². The van der Waals surface area contributed by atoms with Gasteiger partial charge in [-0.3, -0.25) is 29.0 Å². The first-order valence-electron chi connectivity index (χ1n) is 5.45. The normalized spacial score (nSPS) is 23.7. The maximum absolute atomic E-state index is 11.8. The molecule has 1 atom stereocenters. The molecule has 2 aliphatic rings. The second-order valence-corrected chi connectivity index (χ2v) is 5.01. The molecule has 2 aliphatic heterocycles. The Kier molecular flexibility index (Phi) is 3.51. The summed E-state index contributed by atoms with van der Waals surface area (Å²) in [7, 11) is 0. The van der Waals surface area contributed by atoms with Crippen molar-refractivity contribution in [1.82, 2.24) is 9.80 Å². The molecule has 7 heteroatoms. The fraction of sp³-hybridized carbons (Fsp3) is 0.455. The molecule has 0 aromatic heterocycles. The van der Waals surface area contributed by atoms with Gasteiger partial charge in [0.25, 0.3) is 11.8 Å². The van der Waals surface area contributed by atoms with Crippen LogP contribution in [0.1, 0.15) is 6.42 Å². The third-order valence-corrected chi connectivity index (χ3v) is 3.87. The summed E-state index contributed by atoms with van der Waals surface area (Å²) in [6.07, 6.45) is 4.33. The number of hydrogen-bond acceptors (Lipinski definition) is 5. The van der Waals surface area contributed by atoms with Gasteiger partial charge in [0.15, 0.2) is 0 Å². The Bertz CT molecular complexity index is 442. The zero-order chi connectivity index (χ0) is 13.3. The predicted octanol–water partition coefficient (Wildman–Crippen LogP) is -0.598. The Balaban J connectivity index is 1.95. The molecular weight excluding hydrogens is 256 g/mol. The van der Waals surface area contributed by atoms with Crippen molar-refractivity contribution < 1.29 is 19.2 Å². The van der Waals surface area contributed by atoms with Crippen molar-refractivity contribution in [3.8, 4) is 0 Å². The molecule has 0 radical (unpaired) electrons. The predicted molar refractivity (Wildman–Crippen MR) is 64.5 cm³/mol. The Hall–Kier alpha value is -1.63. The van der Waals surface area contributed by atoms with Gasteiger partial charge in [-0.05, 0) is 6.26 Å². The van der Waals surface area contributed by atoms with Crippen LogP contribution in [0.4, 0.5) is 0 Å². The number of rotatable bonds is 4. The first-order chi connectivity index (χ1) is 8.54. The lowest BCUT2D eigenvalue weighted by molar-refractivity contribution is -0.142. The second-order valence-electron chi connectivity index (χ2n) is 3.97. The van der Waals surface area contributed by atoms with Crippen molar-refractivity contribution in [3.63, 3.8) is 0 Å². The molecule has 0 aromatic rings. The molecule has 18 heavy (non-hydrogen) atoms. The first-order valence-corrected chi connectivity index (χ1v) is 6.74. The van der Waals surface area contributed by atoms with Crippen molar-refractivity contribution in [3.05, 3.63) is 12.2 Å². The molecule has 96 valence electrons. The summed E-state index contributed by atoms with van der Waals surface area (Å²) in [5.41, 5.74) is 0. The van der Waals surface area contributed by atoms with Gasteiger partial charge in [-0.15, -0.1) is 0 Å². The van der Waals surface area contributed by atoms with Gasteiger partial charge in [0.2, 0.25) is 11.8 Å². The minimum Gasteiger partial charge on any atom is -0.280 e. The number of carbonyl (C=O) groups excluding carboxylic acids is 4. The van der Waals surface area contributed by atoms with E-state index in [0.29, 0.717) is 0 Å². The zero-order valence-electron chi connectivity index (χ0n) is 9.79. The molecule has 1 saturated heterocycles. The molecule has 1 unspecified atom stereocenters. The lowest BCUT2D eigenvalue weighted by atomic mass is 10.4. The molecule has 2 rings (SSSR count). The Morgan fingerprint density at radius 2 is 1.67 bits per heavy atom. The van der Waals surface area contributed by atoms with E-state index in [2.05, 4.69) is 0 Å². The second kappa shape index (κ2) is 4.93. The average molecular weight is 268 g/mol. The van der Waals surface area contributed by atoms with Crippen LogP contribution in [-0.4, -0.2) is 58.0 Å². The lowest BCUT2D eigenvalue weighted by Gasteiger charge is -2.19. The number of imide groups is 2. The van der Waals surface area contributed by atoms with Crippen LogP contribution in [0.5, 0.6) is 0 Å². The number of nitrogens with zero attached hydrogens (tertiary/aromatic N) is 2. The Morgan fingerprint density at radius 3 is 2.17 bits per heavy atom. The highest BCUT2D eigenvalue weighted by Gasteiger charge is 2.38. The van der Waals surface area contributed by atoms with Crippen LogP contribution in [0, 0.1) is 0 Å². The van der Waals surface area contributed by atoms with Crippen molar-refractivity contribution in [1.29, 1.82) is 0 Å². The van der Waals surface area contributed by atoms with Gasteiger partial charge in [-0.25, -0.2) is 0 Å². The number of likely N-dealkylation sites (tertiary alicyclic amines) is 1. The summed E-state index contributed by atoms with van der Waals surface area (Å²) in [6.45, 7) is 0.136. The molecule has 0 N–H and O–H groups in total. The molecule has 2 heterocycles. The Morgan fingerprint density at radius 1 is 1.11 bits per heavy atom. The topological polar surface area (TPSA) is 74.8 Å². The highest BCUT2D eigenvalue weighted by Crippen LogP contribution is 2.22. The van der Waals surface area contributed by atoms with E-state index in [9.17, 15) is 19.2 Å². The fourth-order valence-electron chi connectivity index (χ4n) is 1.92. The van der Waals surface area contributed by atoms with E-state index in [1.807, 2.05) is 0 Å². The minimum absolute atomic E-state index is 0.0588. The summed E-state index contributed by atoms with van der Waals surface area (Å²) in [5.74, 6) is -1.29. The van der Waals surface area contributed by atoms with Crippen LogP contribution in [0.15, 0.2) is 12.2 Å². The van der Waals surface area contributed by atoms with Crippen molar-refractivity contribution >= 4 is 35.4 Å². The fourth-order valence-corrected chi connectivity index (χ4v) is 2.56. The Labute approximate surface area is 108 Å². The zero-order valence-corrected chi connectivity index (χ0v) is 10.6. The van der Waals surface area contributed by atoms with Gasteiger partial charge in [-0.1, -0.05) is 0 Å². The molecule has 1 fully saturated rings. The van der Waals surface area contributed by atoms with Crippen LogP contribution < -0.4 is 0 Å². The largest absolute Gasteiger partial charge is 0.280 e. The standard InChI is InChI=1S/C11H12N2O4S/c1-18-7-6-10(16)13(11(7)17)5-4-12-8(14)2-3-9(12)15/h2-3,7H,4-6H2,1H3. The molecule has 0 aliphatic carbocycles. The van der Waals surface area contributed by atoms with Crippen LogP contribution in [0.25, 0.3) is 0 Å². The number of amides is 4. The van der Waals surface area contributed by atoms with Crippen LogP contribution in [0.3, 0.4) is 0 Å². The third kappa shape index (κ3) is 2.17. The average Bonchev–Trinajstić information content (AvgIpc) is 2.80. The van der Waals surface area contributed by atoms with Gasteiger partial charge in [0.05, 0.1) is 5.25 Å². The maximum Gasteiger partial charge on any atom is 0.253 e. The molecule has 0 aromatic carbocycles. The van der Waals surface area contributed by atoms with Gasteiger partial charge in [0, 0.05) is 31.7 Å². The summed E-state index contributed by atoms with van der Waals surface area (Å²) >= 11 is 1.34. The number of thioether (sulfide) groups is 1. The van der Waals surface area contributed by atoms with E-state index in [1.165, 1.54) is 23.9 Å². The van der Waals surface area contributed by atoms with Gasteiger partial charge >= 0.3 is 0 Å². The number of hydrogen-bond donors (Lipinski definition) is 0. The summed E-state index contributed by atoms with van der Waals surface area (Å²) in [6, 6.07) is 0. The van der Waals surface area contributed by atoms with Gasteiger partial charge < -0.3 is 0 Å². The van der Waals surface area contributed by atoms with Gasteiger partial charge in [0.1, 0.15) is 0 Å². The van der Waals surface area contributed by atoms with Gasteiger partial charge in [-0.2, -0.15) is 11.8 Å². The molecule has 0 bridgehead atoms. The van der Waals surface area contributed by atoms with E-state index in [-0.39, 0.29) is 36.6 Å². The SMILES string of the molecule is CSC1CC(=O)N(CCN2C(=O)C=CC2=O)C1=O. The summed E-state index contributed by atoms with van der Waals surface area (Å²) in [5, 5.41) is -0.333. The first kappa shape index (κ1) is 12.8. The monoisotopic (exact) mass is 268 g/mol. The molecule has 0 spiro atoms. The van der Waals surface area contributed by atoms with E-state index in [0.717, 1.165) is 9.80 Å². The van der Waals surface area contributed by atoms with Crippen LogP contribution >= 0.6 is 11.8 Å². The van der Waals surface area contributed by atoms with Crippen molar-refractivity contribution in [2.75, 3.05) is 19.3 Å². The summed E-state index contributed by atoms with van der Waals surface area (Å²) < 4.78 is 0. The molecule has 6 nitrogen and oxygen atoms in total. The van der Waals surface area contributed by atoms with Crippen molar-refractivity contribution in [2.45, 2.75) is 11.7 Å². The molecular formula is C11H12N2O4S. The van der Waals surface area contributed by atoms with E-state index < -0.39 is 11.8 Å². The van der Waals surface area contributed by atoms with E-state index >= 15 is 0 Å². The smallest absolute Gasteiger partial charge is 0.253 e. The van der Waals surface area contributed by atoms with Crippen LogP contribution in [0.2, 0.25) is 0 Å².